The van der Waals surface area contributed by atoms with E-state index in [2.05, 4.69) is 5.32 Å². The van der Waals surface area contributed by atoms with E-state index in [1.165, 1.54) is 31.4 Å². The van der Waals surface area contributed by atoms with Crippen LogP contribution in [-0.2, 0) is 0 Å². The zero-order chi connectivity index (χ0) is 15.3. The van der Waals surface area contributed by atoms with Gasteiger partial charge in [0.2, 0.25) is 0 Å². The SMILES string of the molecule is NCC(NCCCC1CC1)c1ccc(SC(F)(F)F)cc1. The third-order valence-corrected chi connectivity index (χ3v) is 4.37. The fourth-order valence-electron chi connectivity index (χ4n) is 2.31. The number of alkyl halides is 3. The van der Waals surface area contributed by atoms with Gasteiger partial charge in [-0.2, -0.15) is 13.2 Å². The molecule has 0 aromatic heterocycles. The lowest BCUT2D eigenvalue weighted by molar-refractivity contribution is -0.0328. The molecule has 2 rings (SSSR count). The van der Waals surface area contributed by atoms with Crippen molar-refractivity contribution >= 4 is 11.8 Å². The van der Waals surface area contributed by atoms with Gasteiger partial charge in [-0.1, -0.05) is 25.0 Å². The van der Waals surface area contributed by atoms with Crippen molar-refractivity contribution in [3.8, 4) is 0 Å². The minimum absolute atomic E-state index is 0.00846. The summed E-state index contributed by atoms with van der Waals surface area (Å²) in [6.07, 6.45) is 5.10. The molecule has 0 bridgehead atoms. The lowest BCUT2D eigenvalue weighted by Gasteiger charge is -2.18. The van der Waals surface area contributed by atoms with Crippen LogP contribution in [0.15, 0.2) is 29.2 Å². The van der Waals surface area contributed by atoms with Crippen molar-refractivity contribution in [2.75, 3.05) is 13.1 Å². The molecule has 1 aliphatic carbocycles. The van der Waals surface area contributed by atoms with Gasteiger partial charge in [-0.15, -0.1) is 0 Å². The van der Waals surface area contributed by atoms with Crippen molar-refractivity contribution in [3.05, 3.63) is 29.8 Å². The number of halogens is 3. The number of hydrogen-bond acceptors (Lipinski definition) is 3. The Balaban J connectivity index is 1.82. The quantitative estimate of drug-likeness (QED) is 0.560. The first-order valence-electron chi connectivity index (χ1n) is 7.27. The lowest BCUT2D eigenvalue weighted by atomic mass is 10.1. The summed E-state index contributed by atoms with van der Waals surface area (Å²) in [5, 5.41) is 3.38. The Kier molecular flexibility index (Phi) is 5.96. The summed E-state index contributed by atoms with van der Waals surface area (Å²) in [7, 11) is 0. The molecule has 2 nitrogen and oxygen atoms in total. The summed E-state index contributed by atoms with van der Waals surface area (Å²) in [6.45, 7) is 1.34. The van der Waals surface area contributed by atoms with E-state index in [-0.39, 0.29) is 22.7 Å². The van der Waals surface area contributed by atoms with Gasteiger partial charge in [0.1, 0.15) is 0 Å². The monoisotopic (exact) mass is 318 g/mol. The molecule has 1 unspecified atom stereocenters. The minimum atomic E-state index is -4.24. The average molecular weight is 318 g/mol. The van der Waals surface area contributed by atoms with Crippen LogP contribution >= 0.6 is 11.8 Å². The summed E-state index contributed by atoms with van der Waals surface area (Å²) in [6, 6.07) is 6.46. The highest BCUT2D eigenvalue weighted by molar-refractivity contribution is 8.00. The maximum atomic E-state index is 12.3. The van der Waals surface area contributed by atoms with E-state index in [0.717, 1.165) is 24.4 Å². The number of nitrogens with one attached hydrogen (secondary N) is 1. The molecule has 1 aromatic carbocycles. The summed E-state index contributed by atoms with van der Waals surface area (Å²) in [4.78, 5) is 0.204. The molecule has 0 heterocycles. The van der Waals surface area contributed by atoms with Crippen LogP contribution < -0.4 is 11.1 Å². The van der Waals surface area contributed by atoms with Gasteiger partial charge in [0, 0.05) is 17.5 Å². The highest BCUT2D eigenvalue weighted by Gasteiger charge is 2.29. The molecule has 6 heteroatoms. The molecule has 0 spiro atoms. The topological polar surface area (TPSA) is 38.0 Å². The van der Waals surface area contributed by atoms with Crippen molar-refractivity contribution in [1.82, 2.24) is 5.32 Å². The van der Waals surface area contributed by atoms with Crippen LogP contribution in [0.4, 0.5) is 13.2 Å². The van der Waals surface area contributed by atoms with Gasteiger partial charge in [-0.05, 0) is 54.8 Å². The lowest BCUT2D eigenvalue weighted by Crippen LogP contribution is -2.29. The van der Waals surface area contributed by atoms with Crippen molar-refractivity contribution in [2.45, 2.75) is 42.1 Å². The van der Waals surface area contributed by atoms with E-state index in [0.29, 0.717) is 6.54 Å². The van der Waals surface area contributed by atoms with Gasteiger partial charge >= 0.3 is 5.51 Å². The van der Waals surface area contributed by atoms with Gasteiger partial charge in [0.15, 0.2) is 0 Å². The van der Waals surface area contributed by atoms with E-state index < -0.39 is 5.51 Å². The third kappa shape index (κ3) is 6.28. The van der Waals surface area contributed by atoms with Gasteiger partial charge in [-0.25, -0.2) is 0 Å². The molecule has 0 radical (unpaired) electrons. The van der Waals surface area contributed by atoms with Gasteiger partial charge in [0.25, 0.3) is 0 Å². The van der Waals surface area contributed by atoms with Crippen LogP contribution in [0.5, 0.6) is 0 Å². The van der Waals surface area contributed by atoms with Gasteiger partial charge < -0.3 is 11.1 Å². The predicted octanol–water partition coefficient (Wildman–Crippen LogP) is 4.08. The summed E-state index contributed by atoms with van der Waals surface area (Å²) < 4.78 is 36.8. The van der Waals surface area contributed by atoms with Crippen LogP contribution in [0.3, 0.4) is 0 Å². The molecule has 1 fully saturated rings. The minimum Gasteiger partial charge on any atom is -0.329 e. The molecule has 118 valence electrons. The first-order valence-corrected chi connectivity index (χ1v) is 8.09. The van der Waals surface area contributed by atoms with Gasteiger partial charge in [0.05, 0.1) is 0 Å². The molecule has 0 saturated heterocycles. The van der Waals surface area contributed by atoms with Crippen LogP contribution in [0.2, 0.25) is 0 Å². The Morgan fingerprint density at radius 2 is 1.90 bits per heavy atom. The highest BCUT2D eigenvalue weighted by Crippen LogP contribution is 2.37. The number of hydrogen-bond donors (Lipinski definition) is 2. The molecule has 1 aliphatic rings. The van der Waals surface area contributed by atoms with E-state index >= 15 is 0 Å². The molecular formula is C15H21F3N2S. The Bertz CT molecular complexity index is 430. The fraction of sp³-hybridized carbons (Fsp3) is 0.600. The largest absolute Gasteiger partial charge is 0.446 e. The normalized spacial score (nSPS) is 17.0. The predicted molar refractivity (Wildman–Crippen MR) is 80.1 cm³/mol. The smallest absolute Gasteiger partial charge is 0.329 e. The standard InChI is InChI=1S/C15H21F3N2S/c16-15(17,18)21-13-7-5-12(6-8-13)14(10-19)20-9-1-2-11-3-4-11/h5-8,11,14,20H,1-4,9-10,19H2. The number of benzene rings is 1. The Morgan fingerprint density at radius 3 is 2.43 bits per heavy atom. The van der Waals surface area contributed by atoms with E-state index in [9.17, 15) is 13.2 Å². The Labute approximate surface area is 127 Å². The first-order chi connectivity index (χ1) is 9.98. The highest BCUT2D eigenvalue weighted by atomic mass is 32.2. The van der Waals surface area contributed by atoms with Crippen molar-refractivity contribution < 1.29 is 13.2 Å². The zero-order valence-corrected chi connectivity index (χ0v) is 12.6. The third-order valence-electron chi connectivity index (χ3n) is 3.63. The van der Waals surface area contributed by atoms with Crippen LogP contribution in [-0.4, -0.2) is 18.6 Å². The summed E-state index contributed by atoms with van der Waals surface area (Å²) in [5.74, 6) is 0.918. The second kappa shape index (κ2) is 7.51. The number of thioether (sulfide) groups is 1. The molecule has 21 heavy (non-hydrogen) atoms. The molecular weight excluding hydrogens is 297 g/mol. The van der Waals surface area contributed by atoms with Crippen LogP contribution in [0.25, 0.3) is 0 Å². The second-order valence-corrected chi connectivity index (χ2v) is 6.58. The van der Waals surface area contributed by atoms with Crippen molar-refractivity contribution in [3.63, 3.8) is 0 Å². The number of rotatable bonds is 8. The Morgan fingerprint density at radius 1 is 1.24 bits per heavy atom. The van der Waals surface area contributed by atoms with Crippen molar-refractivity contribution in [2.24, 2.45) is 11.7 Å². The molecule has 0 amide bonds. The number of nitrogens with two attached hydrogens (primary N) is 1. The summed E-state index contributed by atoms with van der Waals surface area (Å²) >= 11 is -0.0913. The molecule has 1 atom stereocenters. The molecule has 1 aromatic rings. The van der Waals surface area contributed by atoms with Crippen LogP contribution in [0.1, 0.15) is 37.3 Å². The maximum Gasteiger partial charge on any atom is 0.446 e. The Hall–Kier alpha value is -0.720. The van der Waals surface area contributed by atoms with E-state index in [1.807, 2.05) is 0 Å². The average Bonchev–Trinajstić information content (AvgIpc) is 3.22. The molecule has 1 saturated carbocycles. The van der Waals surface area contributed by atoms with Crippen LogP contribution in [0, 0.1) is 5.92 Å². The van der Waals surface area contributed by atoms with E-state index in [1.54, 1.807) is 12.1 Å². The second-order valence-electron chi connectivity index (χ2n) is 5.44. The van der Waals surface area contributed by atoms with Crippen molar-refractivity contribution in [1.29, 1.82) is 0 Å². The van der Waals surface area contributed by atoms with Gasteiger partial charge in [-0.3, -0.25) is 0 Å². The first kappa shape index (κ1) is 16.6. The zero-order valence-electron chi connectivity index (χ0n) is 11.8. The molecule has 3 N–H and O–H groups in total. The fourth-order valence-corrected chi connectivity index (χ4v) is 2.85. The molecule has 0 aliphatic heterocycles. The van der Waals surface area contributed by atoms with E-state index in [4.69, 9.17) is 5.73 Å². The summed E-state index contributed by atoms with van der Waals surface area (Å²) in [5.41, 5.74) is 2.45. The maximum absolute atomic E-state index is 12.3.